The van der Waals surface area contributed by atoms with Crippen LogP contribution in [0.3, 0.4) is 0 Å². The molecule has 1 atom stereocenters. The fourth-order valence-electron chi connectivity index (χ4n) is 2.39. The number of rotatable bonds is 7. The molecule has 0 spiro atoms. The maximum atomic E-state index is 10.5. The summed E-state index contributed by atoms with van der Waals surface area (Å²) in [7, 11) is 0. The molecule has 3 aromatic carbocycles. The summed E-state index contributed by atoms with van der Waals surface area (Å²) >= 11 is 9.61. The van der Waals surface area contributed by atoms with Gasteiger partial charge in [0.25, 0.3) is 0 Å². The van der Waals surface area contributed by atoms with Gasteiger partial charge in [-0.15, -0.1) is 0 Å². The smallest absolute Gasteiger partial charge is 0.0839 e. The van der Waals surface area contributed by atoms with Crippen molar-refractivity contribution < 1.29 is 5.11 Å². The van der Waals surface area contributed by atoms with Gasteiger partial charge in [-0.3, -0.25) is 0 Å². The largest absolute Gasteiger partial charge is 0.388 e. The summed E-state index contributed by atoms with van der Waals surface area (Å²) in [5, 5.41) is 11.1. The number of benzene rings is 3. The third kappa shape index (κ3) is 5.68. The zero-order chi connectivity index (χ0) is 18.2. The van der Waals surface area contributed by atoms with Crippen LogP contribution in [-0.4, -0.2) is 5.11 Å². The first-order valence-corrected chi connectivity index (χ1v) is 10.3. The Bertz CT molecular complexity index is 807. The quantitative estimate of drug-likeness (QED) is 0.425. The molecular formula is C22H19ClOS2. The van der Waals surface area contributed by atoms with Crippen molar-refractivity contribution in [1.29, 1.82) is 0 Å². The number of halogens is 1. The Morgan fingerprint density at radius 3 is 1.85 bits per heavy atom. The predicted octanol–water partition coefficient (Wildman–Crippen LogP) is 7.19. The molecule has 0 amide bonds. The van der Waals surface area contributed by atoms with Crippen molar-refractivity contribution in [3.8, 4) is 0 Å². The summed E-state index contributed by atoms with van der Waals surface area (Å²) in [6.07, 6.45) is 1.98. The van der Waals surface area contributed by atoms with Crippen LogP contribution < -0.4 is 0 Å². The Kier molecular flexibility index (Phi) is 7.27. The fraction of sp³-hybridized carbons (Fsp3) is 0.0909. The predicted molar refractivity (Wildman–Crippen MR) is 114 cm³/mol. The second-order valence-corrected chi connectivity index (χ2v) is 8.52. The first kappa shape index (κ1) is 19.1. The Labute approximate surface area is 168 Å². The summed E-state index contributed by atoms with van der Waals surface area (Å²) in [4.78, 5) is 2.35. The lowest BCUT2D eigenvalue weighted by atomic mass is 10.1. The van der Waals surface area contributed by atoms with Crippen LogP contribution in [0.15, 0.2) is 105 Å². The molecule has 0 aliphatic rings. The molecule has 0 aliphatic heterocycles. The van der Waals surface area contributed by atoms with Crippen molar-refractivity contribution >= 4 is 35.1 Å². The van der Waals surface area contributed by atoms with Crippen LogP contribution in [0, 0.1) is 0 Å². The second kappa shape index (κ2) is 9.89. The summed E-state index contributed by atoms with van der Waals surface area (Å²) in [5.41, 5.74) is 0.763. The van der Waals surface area contributed by atoms with Gasteiger partial charge in [0.05, 0.1) is 6.10 Å². The van der Waals surface area contributed by atoms with E-state index >= 15 is 0 Å². The van der Waals surface area contributed by atoms with Gasteiger partial charge in [0.1, 0.15) is 0 Å². The zero-order valence-corrected chi connectivity index (χ0v) is 16.5. The highest BCUT2D eigenvalue weighted by Gasteiger charge is 2.11. The molecule has 0 unspecified atom stereocenters. The first-order chi connectivity index (χ1) is 12.7. The van der Waals surface area contributed by atoms with Gasteiger partial charge in [0.15, 0.2) is 0 Å². The van der Waals surface area contributed by atoms with Crippen LogP contribution in [0.5, 0.6) is 0 Å². The maximum absolute atomic E-state index is 10.5. The van der Waals surface area contributed by atoms with Crippen LogP contribution in [0.25, 0.3) is 0 Å². The van der Waals surface area contributed by atoms with Crippen LogP contribution in [0.4, 0.5) is 0 Å². The van der Waals surface area contributed by atoms with Gasteiger partial charge in [-0.2, -0.15) is 0 Å². The summed E-state index contributed by atoms with van der Waals surface area (Å²) < 4.78 is 1.13. The van der Waals surface area contributed by atoms with Crippen molar-refractivity contribution in [3.05, 3.63) is 106 Å². The molecule has 1 nitrogen and oxygen atoms in total. The summed E-state index contributed by atoms with van der Waals surface area (Å²) in [6, 6.07) is 28.0. The summed E-state index contributed by atoms with van der Waals surface area (Å²) in [5.74, 6) is 0. The van der Waals surface area contributed by atoms with Gasteiger partial charge in [0, 0.05) is 19.1 Å². The van der Waals surface area contributed by atoms with E-state index in [2.05, 4.69) is 30.3 Å². The summed E-state index contributed by atoms with van der Waals surface area (Å²) in [6.45, 7) is 0. The average Bonchev–Trinajstić information content (AvgIpc) is 2.68. The minimum atomic E-state index is -0.619. The van der Waals surface area contributed by atoms with E-state index in [1.165, 1.54) is 9.79 Å². The van der Waals surface area contributed by atoms with E-state index in [1.54, 1.807) is 23.5 Å². The average molecular weight is 399 g/mol. The molecule has 0 aromatic heterocycles. The molecule has 0 saturated heterocycles. The molecular weight excluding hydrogens is 380 g/mol. The van der Waals surface area contributed by atoms with Gasteiger partial charge in [-0.05, 0) is 42.3 Å². The van der Waals surface area contributed by atoms with E-state index in [0.717, 1.165) is 9.80 Å². The SMILES string of the molecule is O[C@H](CC=C(Sc1ccccc1)Sc1ccccc1)c1ccccc1Cl. The molecule has 4 heteroatoms. The third-order valence-electron chi connectivity index (χ3n) is 3.70. The topological polar surface area (TPSA) is 20.2 Å². The van der Waals surface area contributed by atoms with Gasteiger partial charge in [-0.1, -0.05) is 95.8 Å². The van der Waals surface area contributed by atoms with E-state index in [1.807, 2.05) is 60.7 Å². The van der Waals surface area contributed by atoms with Crippen molar-refractivity contribution in [1.82, 2.24) is 0 Å². The highest BCUT2D eigenvalue weighted by atomic mass is 35.5. The second-order valence-electron chi connectivity index (χ2n) is 5.63. The van der Waals surface area contributed by atoms with E-state index in [0.29, 0.717) is 11.4 Å². The van der Waals surface area contributed by atoms with Crippen molar-refractivity contribution in [2.75, 3.05) is 0 Å². The lowest BCUT2D eigenvalue weighted by Crippen LogP contribution is -1.96. The van der Waals surface area contributed by atoms with Crippen LogP contribution in [0.2, 0.25) is 5.02 Å². The van der Waals surface area contributed by atoms with Crippen molar-refractivity contribution in [3.63, 3.8) is 0 Å². The minimum Gasteiger partial charge on any atom is -0.388 e. The normalized spacial score (nSPS) is 11.8. The molecule has 0 fully saturated rings. The first-order valence-electron chi connectivity index (χ1n) is 8.31. The van der Waals surface area contributed by atoms with E-state index in [-0.39, 0.29) is 0 Å². The monoisotopic (exact) mass is 398 g/mol. The lowest BCUT2D eigenvalue weighted by molar-refractivity contribution is 0.181. The molecule has 0 saturated carbocycles. The number of thioether (sulfide) groups is 2. The fourth-order valence-corrected chi connectivity index (χ4v) is 4.81. The Hall–Kier alpha value is -1.65. The van der Waals surface area contributed by atoms with Crippen molar-refractivity contribution in [2.24, 2.45) is 0 Å². The molecule has 0 aliphatic carbocycles. The Morgan fingerprint density at radius 2 is 1.31 bits per heavy atom. The minimum absolute atomic E-state index is 0.513. The van der Waals surface area contributed by atoms with E-state index in [9.17, 15) is 5.11 Å². The van der Waals surface area contributed by atoms with Gasteiger partial charge >= 0.3 is 0 Å². The molecule has 26 heavy (non-hydrogen) atoms. The van der Waals surface area contributed by atoms with Crippen LogP contribution >= 0.6 is 35.1 Å². The van der Waals surface area contributed by atoms with Gasteiger partial charge < -0.3 is 5.11 Å². The molecule has 0 bridgehead atoms. The highest BCUT2D eigenvalue weighted by molar-refractivity contribution is 8.22. The van der Waals surface area contributed by atoms with Crippen LogP contribution in [-0.2, 0) is 0 Å². The maximum Gasteiger partial charge on any atom is 0.0839 e. The molecule has 3 rings (SSSR count). The number of aliphatic hydroxyl groups is 1. The van der Waals surface area contributed by atoms with Gasteiger partial charge in [-0.25, -0.2) is 0 Å². The van der Waals surface area contributed by atoms with Crippen molar-refractivity contribution in [2.45, 2.75) is 22.3 Å². The Morgan fingerprint density at radius 1 is 0.808 bits per heavy atom. The lowest BCUT2D eigenvalue weighted by Gasteiger charge is -2.12. The van der Waals surface area contributed by atoms with E-state index in [4.69, 9.17) is 11.6 Å². The Balaban J connectivity index is 1.77. The van der Waals surface area contributed by atoms with Crippen LogP contribution in [0.1, 0.15) is 18.1 Å². The van der Waals surface area contributed by atoms with E-state index < -0.39 is 6.10 Å². The molecule has 1 N–H and O–H groups in total. The molecule has 0 heterocycles. The highest BCUT2D eigenvalue weighted by Crippen LogP contribution is 2.40. The van der Waals surface area contributed by atoms with Gasteiger partial charge in [0.2, 0.25) is 0 Å². The number of aliphatic hydroxyl groups excluding tert-OH is 1. The third-order valence-corrected chi connectivity index (χ3v) is 6.29. The number of hydrogen-bond acceptors (Lipinski definition) is 3. The zero-order valence-electron chi connectivity index (χ0n) is 14.1. The molecule has 132 valence electrons. The standard InChI is InChI=1S/C22H19ClOS2/c23-20-14-8-7-13-19(20)21(24)15-16-22(25-17-9-3-1-4-10-17)26-18-11-5-2-6-12-18/h1-14,16,21,24H,15H2/t21-/m1/s1. The molecule has 3 aromatic rings. The number of hydrogen-bond donors (Lipinski definition) is 1. The molecule has 0 radical (unpaired) electrons.